The van der Waals surface area contributed by atoms with Crippen molar-refractivity contribution in [3.63, 3.8) is 0 Å². The Balaban J connectivity index is 2.18. The molecule has 1 saturated heterocycles. The molecule has 0 bridgehead atoms. The van der Waals surface area contributed by atoms with E-state index in [-0.39, 0.29) is 11.8 Å². The summed E-state index contributed by atoms with van der Waals surface area (Å²) in [5, 5.41) is 9.77. The fourth-order valence-corrected chi connectivity index (χ4v) is 4.49. The number of halogens is 1. The van der Waals surface area contributed by atoms with Crippen LogP contribution in [-0.4, -0.2) is 50.1 Å². The second-order valence-electron chi connectivity index (χ2n) is 8.31. The average Bonchev–Trinajstić information content (AvgIpc) is 2.56. The monoisotopic (exact) mass is 380 g/mol. The van der Waals surface area contributed by atoms with E-state index < -0.39 is 29.0 Å². The summed E-state index contributed by atoms with van der Waals surface area (Å²) in [6.07, 6.45) is 5.13. The van der Waals surface area contributed by atoms with Crippen molar-refractivity contribution in [3.05, 3.63) is 17.5 Å². The number of piperazine rings is 1. The largest absolute Gasteiger partial charge is 0.465 e. The van der Waals surface area contributed by atoms with E-state index in [4.69, 9.17) is 11.6 Å². The van der Waals surface area contributed by atoms with Gasteiger partial charge in [-0.3, -0.25) is 4.79 Å². The number of rotatable bonds is 1. The first kappa shape index (κ1) is 18.9. The smallest absolute Gasteiger partial charge is 0.414 e. The summed E-state index contributed by atoms with van der Waals surface area (Å²) in [7, 11) is 0. The SMILES string of the molecule is CC(C)(C)C1C(=O)N(C(=O)O)CC2(CCCCC2)N1c1ccnc(Cl)n1. The summed E-state index contributed by atoms with van der Waals surface area (Å²) >= 11 is 6.03. The molecule has 1 aliphatic heterocycles. The van der Waals surface area contributed by atoms with Gasteiger partial charge in [-0.15, -0.1) is 0 Å². The van der Waals surface area contributed by atoms with Crippen LogP contribution >= 0.6 is 11.6 Å². The number of hydrogen-bond acceptors (Lipinski definition) is 5. The molecule has 26 heavy (non-hydrogen) atoms. The third-order valence-corrected chi connectivity index (χ3v) is 5.60. The van der Waals surface area contributed by atoms with E-state index in [2.05, 4.69) is 9.97 Å². The van der Waals surface area contributed by atoms with Crippen molar-refractivity contribution in [2.24, 2.45) is 5.41 Å². The lowest BCUT2D eigenvalue weighted by molar-refractivity contribution is -0.138. The molecule has 1 saturated carbocycles. The van der Waals surface area contributed by atoms with Gasteiger partial charge >= 0.3 is 6.09 Å². The van der Waals surface area contributed by atoms with E-state index in [0.29, 0.717) is 5.82 Å². The molecule has 2 heterocycles. The summed E-state index contributed by atoms with van der Waals surface area (Å²) in [6.45, 7) is 6.02. The van der Waals surface area contributed by atoms with Crippen molar-refractivity contribution in [2.45, 2.75) is 64.5 Å². The van der Waals surface area contributed by atoms with Gasteiger partial charge in [-0.25, -0.2) is 19.7 Å². The minimum absolute atomic E-state index is 0.120. The number of carbonyl (C=O) groups is 2. The molecule has 2 fully saturated rings. The molecule has 1 aliphatic carbocycles. The molecular weight excluding hydrogens is 356 g/mol. The normalized spacial score (nSPS) is 23.4. The van der Waals surface area contributed by atoms with E-state index >= 15 is 0 Å². The molecule has 7 nitrogen and oxygen atoms in total. The molecule has 2 amide bonds. The van der Waals surface area contributed by atoms with Crippen molar-refractivity contribution < 1.29 is 14.7 Å². The van der Waals surface area contributed by atoms with Gasteiger partial charge in [0.25, 0.3) is 5.91 Å². The van der Waals surface area contributed by atoms with Crippen molar-refractivity contribution in [3.8, 4) is 0 Å². The lowest BCUT2D eigenvalue weighted by atomic mass is 9.73. The van der Waals surface area contributed by atoms with Gasteiger partial charge in [-0.1, -0.05) is 40.0 Å². The van der Waals surface area contributed by atoms with Crippen LogP contribution in [-0.2, 0) is 4.79 Å². The number of aromatic nitrogens is 2. The first-order chi connectivity index (χ1) is 12.2. The first-order valence-corrected chi connectivity index (χ1v) is 9.36. The van der Waals surface area contributed by atoms with Crippen molar-refractivity contribution in [1.82, 2.24) is 14.9 Å². The van der Waals surface area contributed by atoms with E-state index in [1.54, 1.807) is 12.3 Å². The predicted octanol–water partition coefficient (Wildman–Crippen LogP) is 3.57. The zero-order valence-corrected chi connectivity index (χ0v) is 16.2. The topological polar surface area (TPSA) is 86.6 Å². The Morgan fingerprint density at radius 3 is 2.50 bits per heavy atom. The summed E-state index contributed by atoms with van der Waals surface area (Å²) < 4.78 is 0. The Bertz CT molecular complexity index is 713. The minimum Gasteiger partial charge on any atom is -0.465 e. The lowest BCUT2D eigenvalue weighted by Gasteiger charge is -2.57. The number of carboxylic acid groups (broad SMARTS) is 1. The Hall–Kier alpha value is -1.89. The molecule has 1 atom stereocenters. The quantitative estimate of drug-likeness (QED) is 0.749. The molecule has 3 rings (SSSR count). The molecule has 8 heteroatoms. The molecule has 1 N–H and O–H groups in total. The maximum atomic E-state index is 13.1. The Morgan fingerprint density at radius 2 is 1.96 bits per heavy atom. The van der Waals surface area contributed by atoms with Crippen LogP contribution in [0.5, 0.6) is 0 Å². The predicted molar refractivity (Wildman–Crippen MR) is 98.3 cm³/mol. The van der Waals surface area contributed by atoms with Crippen LogP contribution in [0.15, 0.2) is 12.3 Å². The average molecular weight is 381 g/mol. The van der Waals surface area contributed by atoms with Gasteiger partial charge < -0.3 is 10.0 Å². The summed E-state index contributed by atoms with van der Waals surface area (Å²) in [5.41, 5.74) is -0.937. The Morgan fingerprint density at radius 1 is 1.31 bits per heavy atom. The van der Waals surface area contributed by atoms with Crippen molar-refractivity contribution in [2.75, 3.05) is 11.4 Å². The Labute approximate surface area is 158 Å². The van der Waals surface area contributed by atoms with Gasteiger partial charge in [0.1, 0.15) is 11.9 Å². The highest BCUT2D eigenvalue weighted by molar-refractivity contribution is 6.28. The molecule has 1 aromatic rings. The van der Waals surface area contributed by atoms with Crippen LogP contribution in [0, 0.1) is 5.41 Å². The van der Waals surface area contributed by atoms with Gasteiger partial charge in [0, 0.05) is 6.20 Å². The molecule has 1 unspecified atom stereocenters. The summed E-state index contributed by atoms with van der Waals surface area (Å²) in [4.78, 5) is 36.3. The highest BCUT2D eigenvalue weighted by Gasteiger charge is 2.55. The van der Waals surface area contributed by atoms with E-state index in [1.165, 1.54) is 0 Å². The third-order valence-electron chi connectivity index (χ3n) is 5.42. The highest BCUT2D eigenvalue weighted by Crippen LogP contribution is 2.45. The maximum absolute atomic E-state index is 13.1. The van der Waals surface area contributed by atoms with Crippen LogP contribution < -0.4 is 4.90 Å². The molecular formula is C18H25ClN4O3. The van der Waals surface area contributed by atoms with Gasteiger partial charge in [0.05, 0.1) is 12.1 Å². The maximum Gasteiger partial charge on any atom is 0.414 e. The molecule has 0 aromatic carbocycles. The highest BCUT2D eigenvalue weighted by atomic mass is 35.5. The second kappa shape index (κ2) is 6.68. The van der Waals surface area contributed by atoms with Gasteiger partial charge in [-0.2, -0.15) is 0 Å². The molecule has 142 valence electrons. The van der Waals surface area contributed by atoms with Crippen LogP contribution in [0.25, 0.3) is 0 Å². The van der Waals surface area contributed by atoms with Crippen LogP contribution in [0.3, 0.4) is 0 Å². The first-order valence-electron chi connectivity index (χ1n) is 8.98. The number of nitrogens with zero attached hydrogens (tertiary/aromatic N) is 4. The lowest BCUT2D eigenvalue weighted by Crippen LogP contribution is -2.73. The Kier molecular flexibility index (Phi) is 4.86. The zero-order valence-electron chi connectivity index (χ0n) is 15.4. The molecule has 2 aliphatic rings. The number of imide groups is 1. The zero-order chi connectivity index (χ0) is 19.1. The third kappa shape index (κ3) is 3.24. The second-order valence-corrected chi connectivity index (χ2v) is 8.65. The van der Waals surface area contributed by atoms with Crippen molar-refractivity contribution in [1.29, 1.82) is 0 Å². The van der Waals surface area contributed by atoms with Gasteiger partial charge in [0.15, 0.2) is 0 Å². The van der Waals surface area contributed by atoms with Gasteiger partial charge in [0.2, 0.25) is 5.28 Å². The van der Waals surface area contributed by atoms with Crippen molar-refractivity contribution >= 4 is 29.4 Å². The number of anilines is 1. The number of hydrogen-bond donors (Lipinski definition) is 1. The van der Waals surface area contributed by atoms with Gasteiger partial charge in [-0.05, 0) is 35.9 Å². The standard InChI is InChI=1S/C18H25ClN4O3/c1-17(2,3)13-14(24)22(16(25)26)11-18(8-5-4-6-9-18)23(13)12-7-10-20-15(19)21-12/h7,10,13H,4-6,8-9,11H2,1-3H3,(H,25,26). The fraction of sp³-hybridized carbons (Fsp3) is 0.667. The fourth-order valence-electron chi connectivity index (χ4n) is 4.34. The van der Waals surface area contributed by atoms with E-state index in [9.17, 15) is 14.7 Å². The van der Waals surface area contributed by atoms with Crippen LogP contribution in [0.4, 0.5) is 10.6 Å². The van der Waals surface area contributed by atoms with E-state index in [1.807, 2.05) is 25.7 Å². The summed E-state index contributed by atoms with van der Waals surface area (Å²) in [5.74, 6) is 0.182. The molecule has 1 aromatic heterocycles. The molecule has 1 spiro atoms. The van der Waals surface area contributed by atoms with Crippen LogP contribution in [0.2, 0.25) is 5.28 Å². The number of carbonyl (C=O) groups excluding carboxylic acids is 1. The minimum atomic E-state index is -1.19. The summed E-state index contributed by atoms with van der Waals surface area (Å²) in [6, 6.07) is 1.11. The molecule has 0 radical (unpaired) electrons. The van der Waals surface area contributed by atoms with E-state index in [0.717, 1.165) is 37.0 Å². The van der Waals surface area contributed by atoms with Crippen LogP contribution in [0.1, 0.15) is 52.9 Å². The number of amides is 2.